The molecular formula is C27H21F7N4OS. The zero-order chi connectivity index (χ0) is 29.2. The number of amides is 1. The Balaban J connectivity index is 1.65. The highest BCUT2D eigenvalue weighted by atomic mass is 32.2. The summed E-state index contributed by atoms with van der Waals surface area (Å²) >= 11 is 1.27. The maximum atomic E-state index is 13.3. The molecular weight excluding hydrogens is 561 g/mol. The maximum Gasteiger partial charge on any atom is 0.416 e. The Bertz CT molecular complexity index is 1470. The van der Waals surface area contributed by atoms with E-state index in [1.807, 2.05) is 19.1 Å². The Hall–Kier alpha value is -3.87. The van der Waals surface area contributed by atoms with Crippen molar-refractivity contribution in [3.63, 3.8) is 0 Å². The highest BCUT2D eigenvalue weighted by molar-refractivity contribution is 7.98. The van der Waals surface area contributed by atoms with E-state index >= 15 is 0 Å². The van der Waals surface area contributed by atoms with E-state index in [-0.39, 0.29) is 17.7 Å². The molecule has 0 bridgehead atoms. The quantitative estimate of drug-likeness (QED) is 0.181. The largest absolute Gasteiger partial charge is 0.416 e. The molecule has 5 nitrogen and oxygen atoms in total. The van der Waals surface area contributed by atoms with E-state index in [2.05, 4.69) is 15.5 Å². The number of aromatic nitrogens is 3. The molecule has 13 heteroatoms. The minimum Gasteiger partial charge on any atom is -0.342 e. The van der Waals surface area contributed by atoms with Gasteiger partial charge in [0, 0.05) is 17.0 Å². The van der Waals surface area contributed by atoms with Crippen molar-refractivity contribution in [2.24, 2.45) is 0 Å². The number of hydrogen-bond acceptors (Lipinski definition) is 4. The summed E-state index contributed by atoms with van der Waals surface area (Å²) in [7, 11) is 0. The predicted octanol–water partition coefficient (Wildman–Crippen LogP) is 7.54. The Morgan fingerprint density at radius 2 is 1.48 bits per heavy atom. The molecule has 0 fully saturated rings. The number of rotatable bonds is 7. The lowest BCUT2D eigenvalue weighted by atomic mass is 10.0. The van der Waals surface area contributed by atoms with Crippen molar-refractivity contribution in [2.75, 3.05) is 0 Å². The average Bonchev–Trinajstić information content (AvgIpc) is 3.31. The third kappa shape index (κ3) is 6.82. The van der Waals surface area contributed by atoms with Crippen LogP contribution >= 0.6 is 11.8 Å². The molecule has 1 N–H and O–H groups in total. The fourth-order valence-electron chi connectivity index (χ4n) is 3.75. The van der Waals surface area contributed by atoms with Gasteiger partial charge in [-0.05, 0) is 61.9 Å². The van der Waals surface area contributed by atoms with Gasteiger partial charge in [0.2, 0.25) is 0 Å². The Labute approximate surface area is 228 Å². The van der Waals surface area contributed by atoms with Crippen LogP contribution in [0.2, 0.25) is 0 Å². The summed E-state index contributed by atoms with van der Waals surface area (Å²) in [4.78, 5) is 12.9. The van der Waals surface area contributed by atoms with Crippen molar-refractivity contribution in [3.8, 4) is 5.69 Å². The molecule has 1 atom stereocenters. The van der Waals surface area contributed by atoms with Crippen molar-refractivity contribution >= 4 is 17.7 Å². The first-order chi connectivity index (χ1) is 18.7. The molecule has 3 aromatic carbocycles. The van der Waals surface area contributed by atoms with E-state index in [9.17, 15) is 35.5 Å². The number of aryl methyl sites for hydroxylation is 1. The summed E-state index contributed by atoms with van der Waals surface area (Å²) in [5.74, 6) is -0.938. The number of nitrogens with zero attached hydrogens (tertiary/aromatic N) is 3. The lowest BCUT2D eigenvalue weighted by Gasteiger charge is -2.18. The molecule has 0 aliphatic heterocycles. The molecule has 1 amide bonds. The zero-order valence-corrected chi connectivity index (χ0v) is 21.8. The minimum atomic E-state index is -5.09. The molecule has 1 unspecified atom stereocenters. The van der Waals surface area contributed by atoms with Gasteiger partial charge in [-0.2, -0.15) is 26.3 Å². The van der Waals surface area contributed by atoms with E-state index in [0.29, 0.717) is 28.7 Å². The number of alkyl halides is 6. The summed E-state index contributed by atoms with van der Waals surface area (Å²) in [5, 5.41) is 11.2. The molecule has 1 aromatic heterocycles. The van der Waals surface area contributed by atoms with E-state index in [1.165, 1.54) is 30.8 Å². The van der Waals surface area contributed by atoms with Crippen molar-refractivity contribution < 1.29 is 35.5 Å². The standard InChI is InChI=1S/C27H21F7N4OS/c1-15-3-9-22(10-4-15)38-23(36-37-25(38)40-14-17-5-7-21(28)8-6-17)16(2)35-24(39)18-11-19(26(29,30)31)13-20(12-18)27(32,33)34/h3-13,16H,14H2,1-2H3,(H,35,39). The van der Waals surface area contributed by atoms with Gasteiger partial charge in [0.05, 0.1) is 17.2 Å². The zero-order valence-electron chi connectivity index (χ0n) is 20.9. The minimum absolute atomic E-state index is 0.0428. The highest BCUT2D eigenvalue weighted by Crippen LogP contribution is 2.36. The topological polar surface area (TPSA) is 59.8 Å². The van der Waals surface area contributed by atoms with Crippen LogP contribution in [0.15, 0.2) is 71.9 Å². The van der Waals surface area contributed by atoms with Crippen LogP contribution in [0, 0.1) is 12.7 Å². The van der Waals surface area contributed by atoms with Gasteiger partial charge in [-0.15, -0.1) is 10.2 Å². The number of carbonyl (C=O) groups is 1. The van der Waals surface area contributed by atoms with Gasteiger partial charge in [-0.25, -0.2) is 4.39 Å². The van der Waals surface area contributed by atoms with Gasteiger partial charge in [0.25, 0.3) is 5.91 Å². The molecule has 0 aliphatic rings. The van der Waals surface area contributed by atoms with Gasteiger partial charge in [0.1, 0.15) is 5.82 Å². The van der Waals surface area contributed by atoms with Gasteiger partial charge < -0.3 is 5.32 Å². The second-order valence-electron chi connectivity index (χ2n) is 8.92. The van der Waals surface area contributed by atoms with Gasteiger partial charge in [-0.3, -0.25) is 9.36 Å². The first-order valence-corrected chi connectivity index (χ1v) is 12.7. The smallest absolute Gasteiger partial charge is 0.342 e. The molecule has 0 saturated carbocycles. The summed E-state index contributed by atoms with van der Waals surface area (Å²) in [6.07, 6.45) is -10.2. The number of benzene rings is 3. The van der Waals surface area contributed by atoms with Crippen LogP contribution in [-0.4, -0.2) is 20.7 Å². The fraction of sp³-hybridized carbons (Fsp3) is 0.222. The van der Waals surface area contributed by atoms with Crippen LogP contribution in [0.3, 0.4) is 0 Å². The molecule has 0 saturated heterocycles. The first-order valence-electron chi connectivity index (χ1n) is 11.7. The number of halogens is 7. The van der Waals surface area contributed by atoms with Crippen molar-refractivity contribution in [1.29, 1.82) is 0 Å². The fourth-order valence-corrected chi connectivity index (χ4v) is 4.67. The van der Waals surface area contributed by atoms with Crippen LogP contribution in [0.5, 0.6) is 0 Å². The predicted molar refractivity (Wildman–Crippen MR) is 134 cm³/mol. The van der Waals surface area contributed by atoms with Crippen molar-refractivity contribution in [1.82, 2.24) is 20.1 Å². The second-order valence-corrected chi connectivity index (χ2v) is 9.86. The highest BCUT2D eigenvalue weighted by Gasteiger charge is 2.37. The molecule has 1 heterocycles. The monoisotopic (exact) mass is 582 g/mol. The number of hydrogen-bond donors (Lipinski definition) is 1. The summed E-state index contributed by atoms with van der Waals surface area (Å²) < 4.78 is 94.5. The van der Waals surface area contributed by atoms with Crippen LogP contribution in [-0.2, 0) is 18.1 Å². The van der Waals surface area contributed by atoms with Crippen molar-refractivity contribution in [2.45, 2.75) is 43.2 Å². The van der Waals surface area contributed by atoms with E-state index in [0.717, 1.165) is 11.1 Å². The molecule has 40 heavy (non-hydrogen) atoms. The molecule has 0 radical (unpaired) electrons. The maximum absolute atomic E-state index is 13.3. The van der Waals surface area contributed by atoms with E-state index in [4.69, 9.17) is 0 Å². The molecule has 4 rings (SSSR count). The number of thioether (sulfide) groups is 1. The average molecular weight is 583 g/mol. The molecule has 4 aromatic rings. The molecule has 210 valence electrons. The number of nitrogens with one attached hydrogen (secondary N) is 1. The lowest BCUT2D eigenvalue weighted by Crippen LogP contribution is -2.29. The lowest BCUT2D eigenvalue weighted by molar-refractivity contribution is -0.143. The summed E-state index contributed by atoms with van der Waals surface area (Å²) in [5.41, 5.74) is -1.61. The SMILES string of the molecule is Cc1ccc(-n2c(SCc3ccc(F)cc3)nnc2C(C)NC(=O)c2cc(C(F)(F)F)cc(C(F)(F)F)c2)cc1. The molecule has 0 aliphatic carbocycles. The van der Waals surface area contributed by atoms with Gasteiger partial charge >= 0.3 is 12.4 Å². The Kier molecular flexibility index (Phi) is 8.24. The van der Waals surface area contributed by atoms with E-state index in [1.54, 1.807) is 28.8 Å². The van der Waals surface area contributed by atoms with Crippen LogP contribution < -0.4 is 5.32 Å². The van der Waals surface area contributed by atoms with Crippen molar-refractivity contribution in [3.05, 3.63) is 106 Å². The second kappa shape index (κ2) is 11.3. The summed E-state index contributed by atoms with van der Waals surface area (Å²) in [6.45, 7) is 3.37. The first kappa shape index (κ1) is 29.1. The third-order valence-electron chi connectivity index (χ3n) is 5.82. The van der Waals surface area contributed by atoms with Crippen LogP contribution in [0.25, 0.3) is 5.69 Å². The summed E-state index contributed by atoms with van der Waals surface area (Å²) in [6, 6.07) is 12.8. The number of carbonyl (C=O) groups excluding carboxylic acids is 1. The van der Waals surface area contributed by atoms with Crippen LogP contribution in [0.1, 0.15) is 51.4 Å². The molecule has 0 spiro atoms. The van der Waals surface area contributed by atoms with E-state index < -0.39 is 41.0 Å². The van der Waals surface area contributed by atoms with Gasteiger partial charge in [0.15, 0.2) is 11.0 Å². The normalized spacial score (nSPS) is 12.8. The van der Waals surface area contributed by atoms with Gasteiger partial charge in [-0.1, -0.05) is 41.6 Å². The van der Waals surface area contributed by atoms with Crippen LogP contribution in [0.4, 0.5) is 30.7 Å². The Morgan fingerprint density at radius 1 is 0.900 bits per heavy atom. The Morgan fingerprint density at radius 3 is 2.02 bits per heavy atom. The third-order valence-corrected chi connectivity index (χ3v) is 6.82.